The number of benzene rings is 2. The van der Waals surface area contributed by atoms with E-state index in [9.17, 15) is 4.79 Å². The van der Waals surface area contributed by atoms with Crippen LogP contribution >= 0.6 is 0 Å². The summed E-state index contributed by atoms with van der Waals surface area (Å²) in [6.07, 6.45) is 1.27. The van der Waals surface area contributed by atoms with Crippen LogP contribution in [-0.4, -0.2) is 13.4 Å². The van der Waals surface area contributed by atoms with Crippen LogP contribution in [0, 0.1) is 0 Å². The SMILES string of the molecule is COc1ccc2cc(CC=O)cc(N)c2c1. The molecule has 82 valence electrons. The molecule has 2 aromatic carbocycles. The summed E-state index contributed by atoms with van der Waals surface area (Å²) in [6, 6.07) is 9.52. The molecule has 0 saturated carbocycles. The topological polar surface area (TPSA) is 52.3 Å². The maximum Gasteiger partial charge on any atom is 0.124 e. The molecule has 0 aliphatic heterocycles. The Morgan fingerprint density at radius 2 is 2.12 bits per heavy atom. The van der Waals surface area contributed by atoms with E-state index in [2.05, 4.69) is 0 Å². The fourth-order valence-corrected chi connectivity index (χ4v) is 1.77. The maximum atomic E-state index is 10.5. The van der Waals surface area contributed by atoms with Gasteiger partial charge in [0.1, 0.15) is 12.0 Å². The number of rotatable bonds is 3. The van der Waals surface area contributed by atoms with Crippen LogP contribution in [0.15, 0.2) is 30.3 Å². The highest BCUT2D eigenvalue weighted by Gasteiger charge is 2.03. The van der Waals surface area contributed by atoms with Gasteiger partial charge in [-0.25, -0.2) is 0 Å². The Bertz CT molecular complexity index is 535. The normalized spacial score (nSPS) is 10.3. The predicted molar refractivity (Wildman–Crippen MR) is 64.7 cm³/mol. The molecule has 2 aromatic rings. The third-order valence-corrected chi connectivity index (χ3v) is 2.57. The summed E-state index contributed by atoms with van der Waals surface area (Å²) < 4.78 is 5.14. The number of anilines is 1. The first-order valence-corrected chi connectivity index (χ1v) is 5.04. The molecule has 0 spiro atoms. The van der Waals surface area contributed by atoms with Crippen molar-refractivity contribution in [3.8, 4) is 5.75 Å². The molecule has 0 fully saturated rings. The third-order valence-electron chi connectivity index (χ3n) is 2.57. The number of fused-ring (bicyclic) bond motifs is 1. The number of nitrogen functional groups attached to an aromatic ring is 1. The molecule has 3 heteroatoms. The number of hydrogen-bond acceptors (Lipinski definition) is 3. The fourth-order valence-electron chi connectivity index (χ4n) is 1.77. The van der Waals surface area contributed by atoms with Crippen LogP contribution in [-0.2, 0) is 11.2 Å². The summed E-state index contributed by atoms with van der Waals surface area (Å²) in [5.74, 6) is 0.780. The Kier molecular flexibility index (Phi) is 2.77. The molecule has 0 aromatic heterocycles. The summed E-state index contributed by atoms with van der Waals surface area (Å²) in [7, 11) is 1.62. The largest absolute Gasteiger partial charge is 0.497 e. The number of ether oxygens (including phenoxy) is 1. The molecule has 3 nitrogen and oxygen atoms in total. The van der Waals surface area contributed by atoms with Gasteiger partial charge in [0.15, 0.2) is 0 Å². The van der Waals surface area contributed by atoms with Gasteiger partial charge in [0, 0.05) is 17.5 Å². The lowest BCUT2D eigenvalue weighted by atomic mass is 10.0. The Balaban J connectivity index is 2.61. The van der Waals surface area contributed by atoms with Gasteiger partial charge in [-0.1, -0.05) is 12.1 Å². The van der Waals surface area contributed by atoms with Crippen molar-refractivity contribution in [3.63, 3.8) is 0 Å². The molecule has 16 heavy (non-hydrogen) atoms. The Morgan fingerprint density at radius 3 is 2.81 bits per heavy atom. The van der Waals surface area contributed by atoms with Gasteiger partial charge < -0.3 is 15.3 Å². The van der Waals surface area contributed by atoms with Crippen LogP contribution in [0.5, 0.6) is 5.75 Å². The molecule has 2 rings (SSSR count). The molecule has 0 unspecified atom stereocenters. The van der Waals surface area contributed by atoms with Gasteiger partial charge in [-0.15, -0.1) is 0 Å². The second kappa shape index (κ2) is 4.23. The second-order valence-electron chi connectivity index (χ2n) is 3.64. The zero-order valence-electron chi connectivity index (χ0n) is 9.07. The van der Waals surface area contributed by atoms with Crippen LogP contribution in [0.1, 0.15) is 5.56 Å². The van der Waals surface area contributed by atoms with Crippen LogP contribution in [0.4, 0.5) is 5.69 Å². The molecule has 0 aliphatic rings. The molecule has 0 amide bonds. The van der Waals surface area contributed by atoms with E-state index in [1.54, 1.807) is 7.11 Å². The first-order valence-electron chi connectivity index (χ1n) is 5.04. The molecule has 0 saturated heterocycles. The quantitative estimate of drug-likeness (QED) is 0.630. The molecule has 0 aliphatic carbocycles. The van der Waals surface area contributed by atoms with E-state index in [1.165, 1.54) is 0 Å². The zero-order valence-corrected chi connectivity index (χ0v) is 9.07. The van der Waals surface area contributed by atoms with Crippen molar-refractivity contribution in [2.45, 2.75) is 6.42 Å². The lowest BCUT2D eigenvalue weighted by molar-refractivity contribution is -0.107. The molecular weight excluding hydrogens is 202 g/mol. The first kappa shape index (κ1) is 10.5. The summed E-state index contributed by atoms with van der Waals surface area (Å²) in [5, 5.41) is 1.98. The van der Waals surface area contributed by atoms with E-state index < -0.39 is 0 Å². The van der Waals surface area contributed by atoms with Crippen molar-refractivity contribution in [2.75, 3.05) is 12.8 Å². The summed E-state index contributed by atoms with van der Waals surface area (Å²) in [5.41, 5.74) is 7.55. The van der Waals surface area contributed by atoms with Gasteiger partial charge in [0.25, 0.3) is 0 Å². The van der Waals surface area contributed by atoms with Gasteiger partial charge in [-0.05, 0) is 29.1 Å². The Labute approximate surface area is 93.8 Å². The first-order chi connectivity index (χ1) is 7.74. The second-order valence-corrected chi connectivity index (χ2v) is 3.64. The highest BCUT2D eigenvalue weighted by Crippen LogP contribution is 2.27. The summed E-state index contributed by atoms with van der Waals surface area (Å²) >= 11 is 0. The van der Waals surface area contributed by atoms with Crippen molar-refractivity contribution in [1.82, 2.24) is 0 Å². The molecular formula is C13H13NO2. The van der Waals surface area contributed by atoms with Crippen molar-refractivity contribution in [2.24, 2.45) is 0 Å². The summed E-state index contributed by atoms with van der Waals surface area (Å²) in [6.45, 7) is 0. The van der Waals surface area contributed by atoms with Gasteiger partial charge in [-0.2, -0.15) is 0 Å². The maximum absolute atomic E-state index is 10.5. The highest BCUT2D eigenvalue weighted by molar-refractivity contribution is 5.94. The highest BCUT2D eigenvalue weighted by atomic mass is 16.5. The third kappa shape index (κ3) is 1.84. The Hall–Kier alpha value is -2.03. The van der Waals surface area contributed by atoms with Gasteiger partial charge in [-0.3, -0.25) is 0 Å². The lowest BCUT2D eigenvalue weighted by Gasteiger charge is -2.07. The minimum atomic E-state index is 0.395. The van der Waals surface area contributed by atoms with Crippen molar-refractivity contribution >= 4 is 22.7 Å². The van der Waals surface area contributed by atoms with Crippen LogP contribution in [0.2, 0.25) is 0 Å². The number of carbonyl (C=O) groups is 1. The minimum Gasteiger partial charge on any atom is -0.497 e. The van der Waals surface area contributed by atoms with E-state index in [-0.39, 0.29) is 0 Å². The van der Waals surface area contributed by atoms with Gasteiger partial charge in [0.05, 0.1) is 7.11 Å². The fraction of sp³-hybridized carbons (Fsp3) is 0.154. The standard InChI is InChI=1S/C13H13NO2/c1-16-11-3-2-10-6-9(4-5-15)7-13(14)12(10)8-11/h2-3,5-8H,4,14H2,1H3. The van der Waals surface area contributed by atoms with Crippen LogP contribution in [0.25, 0.3) is 10.8 Å². The minimum absolute atomic E-state index is 0.395. The molecule has 0 bridgehead atoms. The summed E-state index contributed by atoms with van der Waals surface area (Å²) in [4.78, 5) is 10.5. The van der Waals surface area contributed by atoms with E-state index >= 15 is 0 Å². The average molecular weight is 215 g/mol. The monoisotopic (exact) mass is 215 g/mol. The predicted octanol–water partition coefficient (Wildman–Crippen LogP) is 2.17. The lowest BCUT2D eigenvalue weighted by Crippen LogP contribution is -1.93. The van der Waals surface area contributed by atoms with Crippen molar-refractivity contribution in [1.29, 1.82) is 0 Å². The number of methoxy groups -OCH3 is 1. The molecule has 0 heterocycles. The van der Waals surface area contributed by atoms with Crippen LogP contribution < -0.4 is 10.5 Å². The smallest absolute Gasteiger partial charge is 0.124 e. The van der Waals surface area contributed by atoms with Gasteiger partial charge >= 0.3 is 0 Å². The number of aldehydes is 1. The molecule has 0 atom stereocenters. The van der Waals surface area contributed by atoms with Crippen molar-refractivity contribution < 1.29 is 9.53 Å². The van der Waals surface area contributed by atoms with E-state index in [0.29, 0.717) is 12.1 Å². The molecule has 2 N–H and O–H groups in total. The number of hydrogen-bond donors (Lipinski definition) is 1. The van der Waals surface area contributed by atoms with Gasteiger partial charge in [0.2, 0.25) is 0 Å². The average Bonchev–Trinajstić information content (AvgIpc) is 2.29. The van der Waals surface area contributed by atoms with E-state index in [1.807, 2.05) is 30.3 Å². The number of carbonyl (C=O) groups excluding carboxylic acids is 1. The number of nitrogens with two attached hydrogens (primary N) is 1. The van der Waals surface area contributed by atoms with Crippen LogP contribution in [0.3, 0.4) is 0 Å². The molecule has 0 radical (unpaired) electrons. The van der Waals surface area contributed by atoms with E-state index in [4.69, 9.17) is 10.5 Å². The zero-order chi connectivity index (χ0) is 11.5. The Morgan fingerprint density at radius 1 is 1.31 bits per heavy atom. The van der Waals surface area contributed by atoms with Crippen molar-refractivity contribution in [3.05, 3.63) is 35.9 Å². The van der Waals surface area contributed by atoms with E-state index in [0.717, 1.165) is 28.4 Å².